The number of carbonyl (C=O) groups is 1. The maximum absolute atomic E-state index is 12.3. The molecule has 11 atom stereocenters. The minimum atomic E-state index is -2.85. The smallest absolute Gasteiger partial charge is 0.335 e. The zero-order valence-corrected chi connectivity index (χ0v) is 25.6. The van der Waals surface area contributed by atoms with Gasteiger partial charge in [0, 0.05) is 12.5 Å². The van der Waals surface area contributed by atoms with Gasteiger partial charge in [-0.3, -0.25) is 0 Å². The topological polar surface area (TPSA) is 196 Å². The number of aliphatic hydroxyl groups excluding tert-OH is 5. The monoisotopic (exact) mass is 608 g/mol. The summed E-state index contributed by atoms with van der Waals surface area (Å²) in [5, 5.41) is 73.5. The van der Waals surface area contributed by atoms with E-state index in [9.17, 15) is 40.5 Å². The summed E-state index contributed by atoms with van der Waals surface area (Å²) in [6.45, 7) is 5.29. The second-order valence-corrected chi connectivity index (χ2v) is 12.3. The Morgan fingerprint density at radius 3 is 2.07 bits per heavy atom. The van der Waals surface area contributed by atoms with E-state index in [1.165, 1.54) is 0 Å². The summed E-state index contributed by atoms with van der Waals surface area (Å²) in [6.07, 6.45) is -0.0200. The highest BCUT2D eigenvalue weighted by Gasteiger charge is 2.54. The van der Waals surface area contributed by atoms with E-state index < -0.39 is 66.7 Å². The van der Waals surface area contributed by atoms with Crippen LogP contribution in [0.4, 0.5) is 0 Å². The van der Waals surface area contributed by atoms with E-state index in [2.05, 4.69) is 0 Å². The molecule has 0 radical (unpaired) electrons. The van der Waals surface area contributed by atoms with Crippen LogP contribution in [-0.4, -0.2) is 110 Å². The molecule has 7 N–H and O–H groups in total. The minimum absolute atomic E-state index is 0.206. The Kier molecular flexibility index (Phi) is 16.7. The predicted octanol–water partition coefficient (Wildman–Crippen LogP) is 2.04. The first-order valence-electron chi connectivity index (χ1n) is 15.8. The number of aliphatic hydroxyl groups is 6. The number of hydrogen-bond donors (Lipinski definition) is 7. The molecule has 2 saturated heterocycles. The molecule has 2 aliphatic rings. The van der Waals surface area contributed by atoms with Gasteiger partial charge in [0.2, 0.25) is 0 Å². The van der Waals surface area contributed by atoms with E-state index in [4.69, 9.17) is 18.9 Å². The van der Waals surface area contributed by atoms with Crippen LogP contribution in [0.25, 0.3) is 0 Å². The van der Waals surface area contributed by atoms with Crippen molar-refractivity contribution in [2.75, 3.05) is 13.2 Å². The van der Waals surface area contributed by atoms with Crippen molar-refractivity contribution >= 4 is 5.97 Å². The third kappa shape index (κ3) is 11.9. The number of hydrogen-bond acceptors (Lipinski definition) is 11. The Balaban J connectivity index is 2.00. The maximum Gasteiger partial charge on any atom is 0.335 e. The highest BCUT2D eigenvalue weighted by Crippen LogP contribution is 2.33. The van der Waals surface area contributed by atoms with E-state index in [0.29, 0.717) is 19.4 Å². The van der Waals surface area contributed by atoms with Gasteiger partial charge in [0.15, 0.2) is 18.5 Å². The predicted molar refractivity (Wildman–Crippen MR) is 152 cm³/mol. The quantitative estimate of drug-likeness (QED) is 0.0786. The summed E-state index contributed by atoms with van der Waals surface area (Å²) in [4.78, 5) is 12.3. The highest BCUT2D eigenvalue weighted by atomic mass is 16.8. The molecule has 12 heteroatoms. The van der Waals surface area contributed by atoms with Gasteiger partial charge in [0.05, 0.1) is 24.9 Å². The van der Waals surface area contributed by atoms with Crippen molar-refractivity contribution in [2.24, 2.45) is 11.8 Å². The van der Waals surface area contributed by atoms with E-state index in [1.54, 1.807) is 20.8 Å². The van der Waals surface area contributed by atoms with Gasteiger partial charge in [-0.25, -0.2) is 4.79 Å². The molecule has 0 amide bonds. The first-order valence-corrected chi connectivity index (χ1v) is 15.8. The number of aliphatic carboxylic acids is 1. The Morgan fingerprint density at radius 1 is 0.929 bits per heavy atom. The van der Waals surface area contributed by atoms with Crippen molar-refractivity contribution < 1.29 is 59.5 Å². The van der Waals surface area contributed by atoms with Crippen molar-refractivity contribution in [1.29, 1.82) is 0 Å². The Bertz CT molecular complexity index is 748. The summed E-state index contributed by atoms with van der Waals surface area (Å²) in [5.74, 6) is -5.37. The van der Waals surface area contributed by atoms with Crippen molar-refractivity contribution in [2.45, 2.75) is 159 Å². The summed E-state index contributed by atoms with van der Waals surface area (Å²) in [7, 11) is 0. The number of carboxylic acids is 1. The molecule has 0 aromatic heterocycles. The van der Waals surface area contributed by atoms with Gasteiger partial charge in [-0.1, -0.05) is 65.2 Å². The largest absolute Gasteiger partial charge is 0.479 e. The first kappa shape index (κ1) is 37.3. The lowest BCUT2D eigenvalue weighted by molar-refractivity contribution is -0.448. The number of rotatable bonds is 20. The normalized spacial score (nSPS) is 31.2. The molecule has 12 nitrogen and oxygen atoms in total. The number of ether oxygens (including phenoxy) is 4. The van der Waals surface area contributed by atoms with Crippen LogP contribution >= 0.6 is 0 Å². The zero-order chi connectivity index (χ0) is 31.3. The molecular weight excluding hydrogens is 552 g/mol. The molecule has 42 heavy (non-hydrogen) atoms. The van der Waals surface area contributed by atoms with Crippen LogP contribution in [-0.2, 0) is 23.7 Å². The summed E-state index contributed by atoms with van der Waals surface area (Å²) >= 11 is 0. The third-order valence-electron chi connectivity index (χ3n) is 8.42. The molecule has 0 aromatic rings. The van der Waals surface area contributed by atoms with Crippen LogP contribution < -0.4 is 0 Å². The van der Waals surface area contributed by atoms with Crippen LogP contribution in [0.5, 0.6) is 0 Å². The van der Waals surface area contributed by atoms with E-state index in [0.717, 1.165) is 70.6 Å². The van der Waals surface area contributed by atoms with E-state index in [1.807, 2.05) is 0 Å². The van der Waals surface area contributed by atoms with Crippen molar-refractivity contribution in [3.63, 3.8) is 0 Å². The van der Waals surface area contributed by atoms with Crippen LogP contribution in [0.2, 0.25) is 0 Å². The molecule has 0 unspecified atom stereocenters. The van der Waals surface area contributed by atoms with Crippen molar-refractivity contribution in [3.05, 3.63) is 0 Å². The van der Waals surface area contributed by atoms with Gasteiger partial charge >= 0.3 is 11.9 Å². The van der Waals surface area contributed by atoms with Gasteiger partial charge in [0.1, 0.15) is 12.2 Å². The minimum Gasteiger partial charge on any atom is -0.479 e. The molecular formula is C30H56O12. The fourth-order valence-electron chi connectivity index (χ4n) is 5.50. The molecule has 2 rings (SSSR count). The molecule has 248 valence electrons. The van der Waals surface area contributed by atoms with Crippen molar-refractivity contribution in [3.8, 4) is 0 Å². The molecule has 0 aliphatic carbocycles. The third-order valence-corrected chi connectivity index (χ3v) is 8.42. The molecule has 2 fully saturated rings. The zero-order valence-electron chi connectivity index (χ0n) is 25.6. The highest BCUT2D eigenvalue weighted by molar-refractivity contribution is 5.73. The summed E-state index contributed by atoms with van der Waals surface area (Å²) < 4.78 is 22.0. The average Bonchev–Trinajstić information content (AvgIpc) is 2.96. The van der Waals surface area contributed by atoms with Gasteiger partial charge in [-0.05, 0) is 44.9 Å². The lowest BCUT2D eigenvalue weighted by Crippen LogP contribution is -2.64. The fraction of sp³-hybridized carbons (Fsp3) is 0.967. The number of carboxylic acid groups (broad SMARTS) is 1. The molecule has 0 aromatic carbocycles. The molecule has 2 heterocycles. The second kappa shape index (κ2) is 18.8. The average molecular weight is 609 g/mol. The van der Waals surface area contributed by atoms with Crippen LogP contribution in [0.3, 0.4) is 0 Å². The second-order valence-electron chi connectivity index (χ2n) is 12.3. The van der Waals surface area contributed by atoms with Gasteiger partial charge in [0.25, 0.3) is 0 Å². The van der Waals surface area contributed by atoms with E-state index in [-0.39, 0.29) is 12.7 Å². The lowest BCUT2D eigenvalue weighted by Gasteiger charge is -2.45. The number of unbranched alkanes of at least 4 members (excludes halogenated alkanes) is 7. The maximum atomic E-state index is 12.3. The molecule has 0 saturated carbocycles. The van der Waals surface area contributed by atoms with Crippen molar-refractivity contribution in [1.82, 2.24) is 0 Å². The lowest BCUT2D eigenvalue weighted by atomic mass is 9.89. The van der Waals surface area contributed by atoms with E-state index >= 15 is 0 Å². The standard InChI is InChI=1S/C30H56O12/c1-19(14-10-8-6-4-5-7-9-11-15-21(3)31)23(32)25(34)26(27(29(36)37)41-22-16-12-13-17-39-22)42-30(38)28(35)24(33)20(2)18-40-30/h19-28,31-35,38H,4-18H2,1-3H3,(H,36,37)/t19-,20-,21-,22-,23-,24-,25-,26-,27-,28-,30-/m0/s1. The summed E-state index contributed by atoms with van der Waals surface area (Å²) in [6, 6.07) is 0. The Morgan fingerprint density at radius 2 is 1.52 bits per heavy atom. The fourth-order valence-corrected chi connectivity index (χ4v) is 5.50. The Hall–Kier alpha value is -0.930. The van der Waals surface area contributed by atoms with Gasteiger partial charge < -0.3 is 54.7 Å². The Labute approximate surface area is 249 Å². The van der Waals surface area contributed by atoms with Crippen LogP contribution in [0, 0.1) is 11.8 Å². The summed E-state index contributed by atoms with van der Waals surface area (Å²) in [5.41, 5.74) is 0. The molecule has 0 spiro atoms. The first-order chi connectivity index (χ1) is 19.9. The van der Waals surface area contributed by atoms with Crippen LogP contribution in [0.1, 0.15) is 104 Å². The SMILES string of the molecule is C[C@H](O)CCCCCCCCCC[C@H](C)[C@H](O)[C@H](O)[C@H](O[C@@]1(O)OC[C@H](C)[C@H](O)[C@@H]1O)[C@H](O[C@H]1CCCCO1)C(=O)O. The molecule has 2 aliphatic heterocycles. The molecule has 0 bridgehead atoms. The van der Waals surface area contributed by atoms with Crippen LogP contribution in [0.15, 0.2) is 0 Å². The van der Waals surface area contributed by atoms with Gasteiger partial charge in [-0.15, -0.1) is 0 Å². The van der Waals surface area contributed by atoms with Gasteiger partial charge in [-0.2, -0.15) is 0 Å².